The van der Waals surface area contributed by atoms with Gasteiger partial charge in [-0.25, -0.2) is 15.0 Å². The number of fused-ring (bicyclic) bond motifs is 2. The minimum absolute atomic E-state index is 0.0479. The van der Waals surface area contributed by atoms with Crippen LogP contribution >= 0.6 is 0 Å². The van der Waals surface area contributed by atoms with Crippen molar-refractivity contribution in [1.82, 2.24) is 35.1 Å². The van der Waals surface area contributed by atoms with Gasteiger partial charge in [0.2, 0.25) is 0 Å². The van der Waals surface area contributed by atoms with Crippen LogP contribution in [0.1, 0.15) is 13.3 Å². The number of nitrogens with one attached hydrogen (secondary N) is 3. The Balaban J connectivity index is 1.27. The van der Waals surface area contributed by atoms with Gasteiger partial charge in [0.1, 0.15) is 11.8 Å². The second-order valence-electron chi connectivity index (χ2n) is 8.46. The molecule has 1 aliphatic rings. The predicted molar refractivity (Wildman–Crippen MR) is 130 cm³/mol. The van der Waals surface area contributed by atoms with Crippen molar-refractivity contribution in [2.75, 3.05) is 5.32 Å². The maximum absolute atomic E-state index is 5.60. The Morgan fingerprint density at radius 1 is 1.03 bits per heavy atom. The van der Waals surface area contributed by atoms with E-state index in [4.69, 9.17) is 14.1 Å². The lowest BCUT2D eigenvalue weighted by atomic mass is 10.1. The second kappa shape index (κ2) is 7.74. The molecule has 3 N–H and O–H groups in total. The Kier molecular flexibility index (Phi) is 4.39. The van der Waals surface area contributed by atoms with Crippen LogP contribution in [-0.4, -0.2) is 47.4 Å². The number of furan rings is 1. The molecule has 0 aromatic carbocycles. The van der Waals surface area contributed by atoms with Crippen LogP contribution in [0.4, 0.5) is 5.69 Å². The van der Waals surface area contributed by atoms with E-state index in [-0.39, 0.29) is 12.3 Å². The van der Waals surface area contributed by atoms with E-state index in [1.807, 2.05) is 30.5 Å². The summed E-state index contributed by atoms with van der Waals surface area (Å²) >= 11 is 0. The molecule has 0 bridgehead atoms. The van der Waals surface area contributed by atoms with E-state index in [2.05, 4.69) is 42.4 Å². The smallest absolute Gasteiger partial charge is 0.181 e. The molecule has 2 unspecified atom stereocenters. The average Bonchev–Trinajstić information content (AvgIpc) is 3.30. The first-order valence-corrected chi connectivity index (χ1v) is 11.4. The summed E-state index contributed by atoms with van der Waals surface area (Å²) < 4.78 is 10.9. The number of hydrogen-bond acceptors (Lipinski definition) is 8. The molecule has 7 rings (SSSR count). The molecule has 0 amide bonds. The number of nitrogens with zero attached hydrogens (tertiary/aromatic N) is 5. The van der Waals surface area contributed by atoms with Gasteiger partial charge in [0, 0.05) is 40.8 Å². The van der Waals surface area contributed by atoms with Gasteiger partial charge in [0.25, 0.3) is 0 Å². The SMILES string of the molecule is CCC1OC1Nc1cncc(-c2cnc3n[nH]c(-c4nc5nccc(-c6ccoc6)c5[nH]4)c3c2)c1. The van der Waals surface area contributed by atoms with Gasteiger partial charge in [-0.05, 0) is 30.7 Å². The summed E-state index contributed by atoms with van der Waals surface area (Å²) in [4.78, 5) is 21.5. The van der Waals surface area contributed by atoms with Crippen LogP contribution in [0.2, 0.25) is 0 Å². The fourth-order valence-electron chi connectivity index (χ4n) is 4.35. The lowest BCUT2D eigenvalue weighted by Gasteiger charge is -2.06. The largest absolute Gasteiger partial charge is 0.472 e. The maximum atomic E-state index is 5.60. The molecule has 6 aromatic rings. The number of aromatic amines is 2. The quantitative estimate of drug-likeness (QED) is 0.300. The standard InChI is InChI=1S/C25H20N8O2/c1-2-19-25(35-19)29-16-7-14(9-26-11-16)15-8-18-21(32-33-22(18)28-10-15)24-30-20-17(13-4-6-34-12-13)3-5-27-23(20)31-24/h3-12,19,25,29H,2H2,1H3,(H,27,30,31)(H,28,32,33). The van der Waals surface area contributed by atoms with E-state index in [1.54, 1.807) is 31.1 Å². The lowest BCUT2D eigenvalue weighted by molar-refractivity contribution is 0.378. The van der Waals surface area contributed by atoms with Gasteiger partial charge in [-0.2, -0.15) is 5.10 Å². The summed E-state index contributed by atoms with van der Waals surface area (Å²) in [5.74, 6) is 0.634. The van der Waals surface area contributed by atoms with Crippen molar-refractivity contribution in [3.63, 3.8) is 0 Å². The maximum Gasteiger partial charge on any atom is 0.181 e. The molecule has 10 nitrogen and oxygen atoms in total. The van der Waals surface area contributed by atoms with Gasteiger partial charge in [-0.1, -0.05) is 6.92 Å². The molecule has 2 atom stereocenters. The topological polar surface area (TPSA) is 134 Å². The number of H-pyrrole nitrogens is 2. The fraction of sp³-hybridized carbons (Fsp3) is 0.160. The van der Waals surface area contributed by atoms with Gasteiger partial charge in [-0.15, -0.1) is 0 Å². The molecular weight excluding hydrogens is 444 g/mol. The summed E-state index contributed by atoms with van der Waals surface area (Å²) in [6.07, 6.45) is 11.8. The van der Waals surface area contributed by atoms with Gasteiger partial charge in [0.05, 0.1) is 35.3 Å². The molecule has 0 saturated carbocycles. The van der Waals surface area contributed by atoms with E-state index in [0.717, 1.165) is 51.0 Å². The zero-order valence-corrected chi connectivity index (χ0v) is 18.7. The molecule has 35 heavy (non-hydrogen) atoms. The average molecular weight is 464 g/mol. The Bertz CT molecular complexity index is 1670. The van der Waals surface area contributed by atoms with Gasteiger partial charge < -0.3 is 19.5 Å². The van der Waals surface area contributed by atoms with Crippen molar-refractivity contribution >= 4 is 27.9 Å². The fourth-order valence-corrected chi connectivity index (χ4v) is 4.35. The van der Waals surface area contributed by atoms with Crippen LogP contribution in [-0.2, 0) is 4.74 Å². The number of anilines is 1. The Labute approximate surface area is 198 Å². The van der Waals surface area contributed by atoms with Crippen molar-refractivity contribution in [2.45, 2.75) is 25.7 Å². The van der Waals surface area contributed by atoms with Crippen LogP contribution < -0.4 is 5.32 Å². The summed E-state index contributed by atoms with van der Waals surface area (Å²) in [6, 6.07) is 7.93. The molecule has 7 heterocycles. The molecule has 0 aliphatic carbocycles. The third kappa shape index (κ3) is 3.42. The number of rotatable bonds is 6. The van der Waals surface area contributed by atoms with E-state index in [0.29, 0.717) is 17.1 Å². The third-order valence-corrected chi connectivity index (χ3v) is 6.24. The molecule has 1 saturated heterocycles. The van der Waals surface area contributed by atoms with Crippen LogP contribution in [0.5, 0.6) is 0 Å². The molecular formula is C25H20N8O2. The Morgan fingerprint density at radius 3 is 2.83 bits per heavy atom. The van der Waals surface area contributed by atoms with Crippen molar-refractivity contribution in [3.8, 4) is 33.8 Å². The van der Waals surface area contributed by atoms with Crippen molar-refractivity contribution < 1.29 is 9.15 Å². The number of epoxide rings is 1. The number of aromatic nitrogens is 7. The molecule has 0 spiro atoms. The van der Waals surface area contributed by atoms with Gasteiger partial charge >= 0.3 is 0 Å². The van der Waals surface area contributed by atoms with Crippen LogP contribution in [0, 0.1) is 0 Å². The molecule has 1 fully saturated rings. The van der Waals surface area contributed by atoms with E-state index in [1.165, 1.54) is 0 Å². The molecule has 0 radical (unpaired) electrons. The van der Waals surface area contributed by atoms with Crippen molar-refractivity contribution in [3.05, 3.63) is 61.6 Å². The monoisotopic (exact) mass is 464 g/mol. The van der Waals surface area contributed by atoms with Crippen LogP contribution in [0.3, 0.4) is 0 Å². The highest BCUT2D eigenvalue weighted by Crippen LogP contribution is 2.33. The Hall–Kier alpha value is -4.57. The zero-order chi connectivity index (χ0) is 23.4. The third-order valence-electron chi connectivity index (χ3n) is 6.24. The first-order valence-electron chi connectivity index (χ1n) is 11.4. The number of ether oxygens (including phenoxy) is 1. The van der Waals surface area contributed by atoms with E-state index < -0.39 is 0 Å². The van der Waals surface area contributed by atoms with Crippen LogP contribution in [0.25, 0.3) is 56.0 Å². The summed E-state index contributed by atoms with van der Waals surface area (Å²) in [6.45, 7) is 2.11. The first-order chi connectivity index (χ1) is 17.3. The van der Waals surface area contributed by atoms with E-state index >= 15 is 0 Å². The number of hydrogen-bond donors (Lipinski definition) is 3. The number of imidazole rings is 1. The highest BCUT2D eigenvalue weighted by molar-refractivity contribution is 5.96. The van der Waals surface area contributed by atoms with Gasteiger partial charge in [-0.3, -0.25) is 10.1 Å². The zero-order valence-electron chi connectivity index (χ0n) is 18.7. The molecule has 172 valence electrons. The summed E-state index contributed by atoms with van der Waals surface area (Å²) in [5.41, 5.74) is 7.47. The van der Waals surface area contributed by atoms with Crippen molar-refractivity contribution in [2.24, 2.45) is 0 Å². The molecule has 1 aliphatic heterocycles. The Morgan fingerprint density at radius 2 is 1.97 bits per heavy atom. The van der Waals surface area contributed by atoms with Crippen LogP contribution in [0.15, 0.2) is 66.0 Å². The minimum Gasteiger partial charge on any atom is -0.472 e. The van der Waals surface area contributed by atoms with E-state index in [9.17, 15) is 0 Å². The normalized spacial score (nSPS) is 17.3. The van der Waals surface area contributed by atoms with Gasteiger partial charge in [0.15, 0.2) is 23.3 Å². The van der Waals surface area contributed by atoms with Crippen molar-refractivity contribution in [1.29, 1.82) is 0 Å². The second-order valence-corrected chi connectivity index (χ2v) is 8.46. The highest BCUT2D eigenvalue weighted by atomic mass is 16.6. The summed E-state index contributed by atoms with van der Waals surface area (Å²) in [7, 11) is 0. The number of pyridine rings is 3. The highest BCUT2D eigenvalue weighted by Gasteiger charge is 2.36. The molecule has 6 aromatic heterocycles. The minimum atomic E-state index is 0.0479. The molecule has 10 heteroatoms. The first kappa shape index (κ1) is 19.9. The lowest BCUT2D eigenvalue weighted by Crippen LogP contribution is -2.06. The predicted octanol–water partition coefficient (Wildman–Crippen LogP) is 4.77. The summed E-state index contributed by atoms with van der Waals surface area (Å²) in [5, 5.41) is 11.7.